The number of halogens is 1. The highest BCUT2D eigenvalue weighted by atomic mass is 127. The third-order valence-corrected chi connectivity index (χ3v) is 6.03. The van der Waals surface area contributed by atoms with Gasteiger partial charge in [-0.1, -0.05) is 95.0 Å². The van der Waals surface area contributed by atoms with Gasteiger partial charge in [0.25, 0.3) is 5.91 Å². The summed E-state index contributed by atoms with van der Waals surface area (Å²) in [6.07, 6.45) is 13.3. The monoisotopic (exact) mass is 516 g/mol. The van der Waals surface area contributed by atoms with Gasteiger partial charge in [0.1, 0.15) is 6.54 Å². The lowest BCUT2D eigenvalue weighted by atomic mass is 10.1. The summed E-state index contributed by atoms with van der Waals surface area (Å²) in [6.45, 7) is 11.0. The van der Waals surface area contributed by atoms with Crippen molar-refractivity contribution in [3.63, 3.8) is 0 Å². The molecule has 0 radical (unpaired) electrons. The van der Waals surface area contributed by atoms with E-state index in [0.717, 1.165) is 37.1 Å². The molecule has 1 aromatic rings. The summed E-state index contributed by atoms with van der Waals surface area (Å²) < 4.78 is 0.827. The molecule has 1 aromatic carbocycles. The van der Waals surface area contributed by atoms with E-state index in [-0.39, 0.29) is 29.9 Å². The van der Waals surface area contributed by atoms with E-state index in [1.54, 1.807) is 0 Å². The van der Waals surface area contributed by atoms with Crippen LogP contribution in [0.2, 0.25) is 0 Å². The zero-order valence-corrected chi connectivity index (χ0v) is 21.4. The molecule has 0 heterocycles. The highest BCUT2D eigenvalue weighted by molar-refractivity contribution is 5.77. The zero-order valence-electron chi connectivity index (χ0n) is 19.2. The van der Waals surface area contributed by atoms with Crippen LogP contribution in [0.5, 0.6) is 0 Å². The van der Waals surface area contributed by atoms with Gasteiger partial charge in [-0.3, -0.25) is 4.79 Å². The van der Waals surface area contributed by atoms with E-state index in [2.05, 4.69) is 56.4 Å². The molecular formula is C25H45IN2O. The van der Waals surface area contributed by atoms with E-state index in [1.807, 2.05) is 0 Å². The average molecular weight is 517 g/mol. The predicted octanol–water partition coefficient (Wildman–Crippen LogP) is 3.08. The summed E-state index contributed by atoms with van der Waals surface area (Å²) in [7, 11) is 0. The average Bonchev–Trinajstić information content (AvgIpc) is 2.72. The van der Waals surface area contributed by atoms with Gasteiger partial charge in [-0.05, 0) is 20.3 Å². The summed E-state index contributed by atoms with van der Waals surface area (Å²) >= 11 is 0. The van der Waals surface area contributed by atoms with Crippen LogP contribution in [-0.2, 0) is 11.3 Å². The highest BCUT2D eigenvalue weighted by Crippen LogP contribution is 2.14. The van der Waals surface area contributed by atoms with E-state index < -0.39 is 0 Å². The topological polar surface area (TPSA) is 29.1 Å². The number of rotatable bonds is 17. The van der Waals surface area contributed by atoms with E-state index in [4.69, 9.17) is 0 Å². The molecule has 168 valence electrons. The van der Waals surface area contributed by atoms with E-state index >= 15 is 0 Å². The third-order valence-electron chi connectivity index (χ3n) is 6.03. The number of carbonyl (C=O) groups excluding carboxylic acids is 1. The molecule has 0 saturated carbocycles. The van der Waals surface area contributed by atoms with Crippen molar-refractivity contribution in [2.75, 3.05) is 26.2 Å². The second-order valence-corrected chi connectivity index (χ2v) is 8.31. The SMILES string of the molecule is CCCCCCCCCCCCNC(=O)C[N+](CC)(CC)Cc1ccccc1.[I-]. The minimum absolute atomic E-state index is 0. The first kappa shape index (κ1) is 28.4. The number of nitrogens with one attached hydrogen (secondary N) is 1. The summed E-state index contributed by atoms with van der Waals surface area (Å²) in [5, 5.41) is 3.16. The first-order valence-corrected chi connectivity index (χ1v) is 11.8. The van der Waals surface area contributed by atoms with Crippen LogP contribution in [0.15, 0.2) is 30.3 Å². The molecule has 0 aliphatic heterocycles. The Kier molecular flexibility index (Phi) is 17.8. The minimum Gasteiger partial charge on any atom is -1.00 e. The quantitative estimate of drug-likeness (QED) is 0.193. The molecule has 4 heteroatoms. The van der Waals surface area contributed by atoms with Crippen molar-refractivity contribution >= 4 is 5.91 Å². The molecule has 0 unspecified atom stereocenters. The molecule has 29 heavy (non-hydrogen) atoms. The van der Waals surface area contributed by atoms with Crippen molar-refractivity contribution in [2.45, 2.75) is 91.5 Å². The van der Waals surface area contributed by atoms with Crippen LogP contribution in [-0.4, -0.2) is 36.6 Å². The van der Waals surface area contributed by atoms with Gasteiger partial charge in [0, 0.05) is 12.1 Å². The molecule has 0 saturated heterocycles. The fourth-order valence-corrected chi connectivity index (χ4v) is 3.90. The molecule has 3 nitrogen and oxygen atoms in total. The van der Waals surface area contributed by atoms with Crippen LogP contribution >= 0.6 is 0 Å². The van der Waals surface area contributed by atoms with Gasteiger partial charge >= 0.3 is 0 Å². The van der Waals surface area contributed by atoms with E-state index in [0.29, 0.717) is 6.54 Å². The van der Waals surface area contributed by atoms with Crippen LogP contribution in [0.3, 0.4) is 0 Å². The fraction of sp³-hybridized carbons (Fsp3) is 0.720. The standard InChI is InChI=1S/C25H44N2O.HI/c1-4-7-8-9-10-11-12-13-14-18-21-26-25(28)23-27(5-2,6-3)22-24-19-16-15-17-20-24;/h15-17,19-20H,4-14,18,21-23H2,1-3H3;1H. The fourth-order valence-electron chi connectivity index (χ4n) is 3.90. The number of hydrogen-bond donors (Lipinski definition) is 1. The van der Waals surface area contributed by atoms with Crippen molar-refractivity contribution in [1.29, 1.82) is 0 Å². The van der Waals surface area contributed by atoms with Crippen LogP contribution in [0.25, 0.3) is 0 Å². The van der Waals surface area contributed by atoms with Gasteiger partial charge in [0.05, 0.1) is 13.1 Å². The molecule has 0 aromatic heterocycles. The third kappa shape index (κ3) is 13.3. The Bertz CT molecular complexity index is 503. The normalized spacial score (nSPS) is 11.1. The number of unbranched alkanes of at least 4 members (excludes halogenated alkanes) is 9. The largest absolute Gasteiger partial charge is 1.00 e. The first-order chi connectivity index (χ1) is 13.7. The van der Waals surface area contributed by atoms with E-state index in [9.17, 15) is 4.79 Å². The smallest absolute Gasteiger partial charge is 0.275 e. The zero-order chi connectivity index (χ0) is 20.5. The van der Waals surface area contributed by atoms with Gasteiger partial charge in [0.15, 0.2) is 6.54 Å². The van der Waals surface area contributed by atoms with Crippen molar-refractivity contribution in [2.24, 2.45) is 0 Å². The van der Waals surface area contributed by atoms with Crippen LogP contribution in [0.4, 0.5) is 0 Å². The predicted molar refractivity (Wildman–Crippen MR) is 121 cm³/mol. The van der Waals surface area contributed by atoms with Crippen molar-refractivity contribution in [3.8, 4) is 0 Å². The second-order valence-electron chi connectivity index (χ2n) is 8.31. The summed E-state index contributed by atoms with van der Waals surface area (Å²) in [6, 6.07) is 10.6. The van der Waals surface area contributed by atoms with Gasteiger partial charge in [0.2, 0.25) is 0 Å². The number of hydrogen-bond acceptors (Lipinski definition) is 1. The lowest BCUT2D eigenvalue weighted by Gasteiger charge is -2.36. The molecular weight excluding hydrogens is 471 g/mol. The molecule has 0 bridgehead atoms. The van der Waals surface area contributed by atoms with Gasteiger partial charge in [-0.2, -0.15) is 0 Å². The number of nitrogens with zero attached hydrogens (tertiary/aromatic N) is 1. The Morgan fingerprint density at radius 1 is 0.793 bits per heavy atom. The molecule has 0 atom stereocenters. The Morgan fingerprint density at radius 2 is 1.31 bits per heavy atom. The van der Waals surface area contributed by atoms with Crippen LogP contribution in [0, 0.1) is 0 Å². The number of quaternary nitrogens is 1. The Labute approximate surface area is 197 Å². The summed E-state index contributed by atoms with van der Waals surface area (Å²) in [4.78, 5) is 12.5. The minimum atomic E-state index is 0. The van der Waals surface area contributed by atoms with Crippen LogP contribution in [0.1, 0.15) is 90.5 Å². The second kappa shape index (κ2) is 18.2. The van der Waals surface area contributed by atoms with Crippen molar-refractivity contribution < 1.29 is 33.3 Å². The maximum atomic E-state index is 12.5. The maximum absolute atomic E-state index is 12.5. The van der Waals surface area contributed by atoms with E-state index in [1.165, 1.54) is 63.4 Å². The molecule has 0 spiro atoms. The molecule has 0 fully saturated rings. The van der Waals surface area contributed by atoms with Crippen molar-refractivity contribution in [1.82, 2.24) is 5.32 Å². The summed E-state index contributed by atoms with van der Waals surface area (Å²) in [5.41, 5.74) is 1.31. The molecule has 1 rings (SSSR count). The van der Waals surface area contributed by atoms with Gasteiger partial charge in [-0.15, -0.1) is 0 Å². The molecule has 1 N–H and O–H groups in total. The summed E-state index contributed by atoms with van der Waals surface area (Å²) in [5.74, 6) is 0.204. The molecule has 1 amide bonds. The highest BCUT2D eigenvalue weighted by Gasteiger charge is 2.27. The van der Waals surface area contributed by atoms with Gasteiger partial charge in [-0.25, -0.2) is 0 Å². The maximum Gasteiger partial charge on any atom is 0.275 e. The van der Waals surface area contributed by atoms with Crippen LogP contribution < -0.4 is 29.3 Å². The number of benzene rings is 1. The van der Waals surface area contributed by atoms with Crippen molar-refractivity contribution in [3.05, 3.63) is 35.9 Å². The Hall–Kier alpha value is -0.620. The number of carbonyl (C=O) groups is 1. The lowest BCUT2D eigenvalue weighted by molar-refractivity contribution is -0.930. The first-order valence-electron chi connectivity index (χ1n) is 11.8. The Balaban J connectivity index is 0.00000784. The number of likely N-dealkylation sites (N-methyl/N-ethyl adjacent to an activating group) is 1. The van der Waals surface area contributed by atoms with Gasteiger partial charge < -0.3 is 33.8 Å². The molecule has 0 aliphatic rings. The number of amides is 1. The lowest BCUT2D eigenvalue weighted by Crippen LogP contribution is -3.00. The molecule has 0 aliphatic carbocycles. The Morgan fingerprint density at radius 3 is 1.83 bits per heavy atom.